The van der Waals surface area contributed by atoms with Gasteiger partial charge in [-0.2, -0.15) is 0 Å². The predicted molar refractivity (Wildman–Crippen MR) is 97.9 cm³/mol. The average molecular weight is 338 g/mol. The number of anilines is 1. The van der Waals surface area contributed by atoms with E-state index in [-0.39, 0.29) is 17.9 Å². The first-order valence-corrected chi connectivity index (χ1v) is 8.55. The Bertz CT molecular complexity index is 813. The van der Waals surface area contributed by atoms with Gasteiger partial charge in [-0.15, -0.1) is 0 Å². The van der Waals surface area contributed by atoms with Crippen LogP contribution in [-0.2, 0) is 4.79 Å². The van der Waals surface area contributed by atoms with E-state index in [1.54, 1.807) is 12.1 Å². The largest absolute Gasteiger partial charge is 0.350 e. The van der Waals surface area contributed by atoms with Crippen molar-refractivity contribution < 1.29 is 9.59 Å². The quantitative estimate of drug-likeness (QED) is 0.834. The number of carbonyl (C=O) groups is 2. The molecular formula is C19H18N2O2S. The molecule has 4 nitrogen and oxygen atoms in total. The number of hydrogen-bond acceptors (Lipinski definition) is 3. The summed E-state index contributed by atoms with van der Waals surface area (Å²) in [5, 5.41) is 5.72. The second-order valence-corrected chi connectivity index (χ2v) is 6.90. The second kappa shape index (κ2) is 6.93. The van der Waals surface area contributed by atoms with Gasteiger partial charge in [0.2, 0.25) is 0 Å². The summed E-state index contributed by atoms with van der Waals surface area (Å²) in [4.78, 5) is 26.0. The molecular weight excluding hydrogens is 320 g/mol. The number of hydrogen-bond donors (Lipinski definition) is 2. The van der Waals surface area contributed by atoms with Gasteiger partial charge in [0.25, 0.3) is 11.8 Å². The van der Waals surface area contributed by atoms with E-state index in [2.05, 4.69) is 10.6 Å². The van der Waals surface area contributed by atoms with E-state index in [1.807, 2.05) is 56.3 Å². The number of carbonyl (C=O) groups excluding carboxylic acids is 2. The first kappa shape index (κ1) is 16.3. The van der Waals surface area contributed by atoms with Crippen LogP contribution >= 0.6 is 11.8 Å². The molecule has 2 aromatic carbocycles. The summed E-state index contributed by atoms with van der Waals surface area (Å²) in [6.45, 7) is 3.82. The topological polar surface area (TPSA) is 58.2 Å². The van der Waals surface area contributed by atoms with Gasteiger partial charge in [-0.3, -0.25) is 9.59 Å². The third-order valence-electron chi connectivity index (χ3n) is 3.45. The van der Waals surface area contributed by atoms with Crippen molar-refractivity contribution in [2.75, 3.05) is 5.32 Å². The van der Waals surface area contributed by atoms with E-state index >= 15 is 0 Å². The highest BCUT2D eigenvalue weighted by Gasteiger charge is 2.22. The van der Waals surface area contributed by atoms with Crippen molar-refractivity contribution in [3.05, 3.63) is 64.6 Å². The Morgan fingerprint density at radius 3 is 2.62 bits per heavy atom. The minimum absolute atomic E-state index is 0.0675. The smallest absolute Gasteiger partial charge is 0.262 e. The minimum Gasteiger partial charge on any atom is -0.350 e. The minimum atomic E-state index is -0.155. The molecule has 0 fully saturated rings. The maximum absolute atomic E-state index is 12.3. The summed E-state index contributed by atoms with van der Waals surface area (Å²) in [5.74, 6) is -0.296. The van der Waals surface area contributed by atoms with Crippen LogP contribution in [0.5, 0.6) is 0 Å². The molecule has 1 aliphatic rings. The van der Waals surface area contributed by atoms with Crippen LogP contribution in [0.25, 0.3) is 6.08 Å². The molecule has 1 heterocycles. The lowest BCUT2D eigenvalue weighted by Gasteiger charge is -2.19. The maximum Gasteiger partial charge on any atom is 0.262 e. The monoisotopic (exact) mass is 338 g/mol. The van der Waals surface area contributed by atoms with Gasteiger partial charge >= 0.3 is 0 Å². The zero-order chi connectivity index (χ0) is 17.1. The van der Waals surface area contributed by atoms with Crippen molar-refractivity contribution in [3.63, 3.8) is 0 Å². The zero-order valence-electron chi connectivity index (χ0n) is 13.5. The van der Waals surface area contributed by atoms with Gasteiger partial charge in [0.15, 0.2) is 0 Å². The number of amides is 2. The molecule has 24 heavy (non-hydrogen) atoms. The Hall–Kier alpha value is -2.53. The molecule has 2 N–H and O–H groups in total. The lowest BCUT2D eigenvalue weighted by Crippen LogP contribution is -2.30. The Kier molecular flexibility index (Phi) is 4.71. The molecule has 0 saturated carbocycles. The fourth-order valence-corrected chi connectivity index (χ4v) is 3.28. The number of thioether (sulfide) groups is 1. The van der Waals surface area contributed by atoms with Gasteiger partial charge in [0, 0.05) is 16.5 Å². The highest BCUT2D eigenvalue weighted by molar-refractivity contribution is 8.04. The SMILES string of the molecule is CC(C)NC(=O)c1ccc2c(c1)NC(=O)C(=Cc1ccccc1)S2. The van der Waals surface area contributed by atoms with Crippen LogP contribution in [-0.4, -0.2) is 17.9 Å². The predicted octanol–water partition coefficient (Wildman–Crippen LogP) is 3.91. The zero-order valence-corrected chi connectivity index (χ0v) is 14.3. The lowest BCUT2D eigenvalue weighted by molar-refractivity contribution is -0.112. The maximum atomic E-state index is 12.3. The molecule has 0 spiro atoms. The molecule has 1 aliphatic heterocycles. The van der Waals surface area contributed by atoms with Gasteiger partial charge < -0.3 is 10.6 Å². The van der Waals surface area contributed by atoms with Crippen molar-refractivity contribution in [2.24, 2.45) is 0 Å². The first-order valence-electron chi connectivity index (χ1n) is 7.74. The van der Waals surface area contributed by atoms with E-state index < -0.39 is 0 Å². The van der Waals surface area contributed by atoms with Crippen LogP contribution in [0.15, 0.2) is 58.3 Å². The van der Waals surface area contributed by atoms with Gasteiger partial charge in [-0.05, 0) is 43.7 Å². The fourth-order valence-electron chi connectivity index (χ4n) is 2.35. The molecule has 0 atom stereocenters. The molecule has 0 bridgehead atoms. The highest BCUT2D eigenvalue weighted by Crippen LogP contribution is 2.39. The van der Waals surface area contributed by atoms with Crippen LogP contribution in [0.3, 0.4) is 0 Å². The Morgan fingerprint density at radius 2 is 1.92 bits per heavy atom. The third-order valence-corrected chi connectivity index (χ3v) is 4.55. The van der Waals surface area contributed by atoms with E-state index in [1.165, 1.54) is 11.8 Å². The number of benzene rings is 2. The van der Waals surface area contributed by atoms with E-state index in [0.717, 1.165) is 10.5 Å². The van der Waals surface area contributed by atoms with E-state index in [9.17, 15) is 9.59 Å². The van der Waals surface area contributed by atoms with Crippen molar-refractivity contribution in [1.29, 1.82) is 0 Å². The van der Waals surface area contributed by atoms with Gasteiger partial charge in [-0.25, -0.2) is 0 Å². The summed E-state index contributed by atoms with van der Waals surface area (Å²) in [6, 6.07) is 15.2. The molecule has 0 saturated heterocycles. The van der Waals surface area contributed by atoms with Crippen LogP contribution in [0.2, 0.25) is 0 Å². The Balaban J connectivity index is 1.85. The fraction of sp³-hybridized carbons (Fsp3) is 0.158. The van der Waals surface area contributed by atoms with Crippen molar-refractivity contribution >= 4 is 35.3 Å². The summed E-state index contributed by atoms with van der Waals surface area (Å²) >= 11 is 1.41. The van der Waals surface area contributed by atoms with E-state index in [4.69, 9.17) is 0 Å². The van der Waals surface area contributed by atoms with Gasteiger partial charge in [0.05, 0.1) is 10.6 Å². The molecule has 2 aromatic rings. The molecule has 3 rings (SSSR count). The normalized spacial score (nSPS) is 15.1. The average Bonchev–Trinajstić information content (AvgIpc) is 2.55. The van der Waals surface area contributed by atoms with Gasteiger partial charge in [0.1, 0.15) is 0 Å². The molecule has 0 aromatic heterocycles. The van der Waals surface area contributed by atoms with E-state index in [0.29, 0.717) is 16.2 Å². The first-order chi connectivity index (χ1) is 11.5. The standard InChI is InChI=1S/C19H18N2O2S/c1-12(2)20-18(22)14-8-9-16-15(11-14)21-19(23)17(24-16)10-13-6-4-3-5-7-13/h3-12H,1-2H3,(H,20,22)(H,21,23). The molecule has 0 unspecified atom stereocenters. The van der Waals surface area contributed by atoms with Crippen LogP contribution in [0, 0.1) is 0 Å². The third kappa shape index (κ3) is 3.68. The van der Waals surface area contributed by atoms with Gasteiger partial charge in [-0.1, -0.05) is 42.1 Å². The molecule has 0 aliphatic carbocycles. The second-order valence-electron chi connectivity index (χ2n) is 5.81. The van der Waals surface area contributed by atoms with Crippen LogP contribution in [0.4, 0.5) is 5.69 Å². The van der Waals surface area contributed by atoms with Crippen molar-refractivity contribution in [1.82, 2.24) is 5.32 Å². The van der Waals surface area contributed by atoms with Crippen molar-refractivity contribution in [3.8, 4) is 0 Å². The number of rotatable bonds is 3. The highest BCUT2D eigenvalue weighted by atomic mass is 32.2. The van der Waals surface area contributed by atoms with Crippen molar-refractivity contribution in [2.45, 2.75) is 24.8 Å². The summed E-state index contributed by atoms with van der Waals surface area (Å²) < 4.78 is 0. The molecule has 0 radical (unpaired) electrons. The number of fused-ring (bicyclic) bond motifs is 1. The summed E-state index contributed by atoms with van der Waals surface area (Å²) in [6.07, 6.45) is 1.86. The molecule has 5 heteroatoms. The molecule has 122 valence electrons. The summed E-state index contributed by atoms with van der Waals surface area (Å²) in [7, 11) is 0. The molecule has 2 amide bonds. The Labute approximate surface area is 145 Å². The van der Waals surface area contributed by atoms with Crippen LogP contribution < -0.4 is 10.6 Å². The number of nitrogens with one attached hydrogen (secondary N) is 2. The lowest BCUT2D eigenvalue weighted by atomic mass is 10.1. The Morgan fingerprint density at radius 1 is 1.17 bits per heavy atom. The van der Waals surface area contributed by atoms with Crippen LogP contribution in [0.1, 0.15) is 29.8 Å². The summed E-state index contributed by atoms with van der Waals surface area (Å²) in [5.41, 5.74) is 2.19.